The second-order valence-electron chi connectivity index (χ2n) is 8.70. The number of benzene rings is 2. The maximum atomic E-state index is 13.7. The molecule has 0 unspecified atom stereocenters. The first-order valence-electron chi connectivity index (χ1n) is 11.9. The third kappa shape index (κ3) is 7.00. The number of sulfonamides is 1. The Bertz CT molecular complexity index is 1260. The minimum Gasteiger partial charge on any atom is -0.454 e. The highest BCUT2D eigenvalue weighted by molar-refractivity contribution is 7.92. The van der Waals surface area contributed by atoms with E-state index in [2.05, 4.69) is 5.32 Å². The van der Waals surface area contributed by atoms with Gasteiger partial charge in [-0.3, -0.25) is 13.9 Å². The number of carbonyl (C=O) groups excluding carboxylic acids is 2. The van der Waals surface area contributed by atoms with E-state index >= 15 is 0 Å². The van der Waals surface area contributed by atoms with Gasteiger partial charge in [-0.05, 0) is 57.0 Å². The number of fused-ring (bicyclic) bond motifs is 1. The maximum absolute atomic E-state index is 13.7. The quantitative estimate of drug-likeness (QED) is 0.433. The molecule has 9 nitrogen and oxygen atoms in total. The second kappa shape index (κ2) is 12.2. The predicted molar refractivity (Wildman–Crippen MR) is 144 cm³/mol. The Morgan fingerprint density at radius 1 is 1.05 bits per heavy atom. The van der Waals surface area contributed by atoms with Crippen LogP contribution in [0.1, 0.15) is 39.7 Å². The van der Waals surface area contributed by atoms with Crippen LogP contribution in [0.25, 0.3) is 0 Å². The first kappa shape index (κ1) is 28.9. The van der Waals surface area contributed by atoms with Crippen molar-refractivity contribution in [2.45, 2.75) is 52.7 Å². The summed E-state index contributed by atoms with van der Waals surface area (Å²) >= 11 is 12.4. The van der Waals surface area contributed by atoms with Crippen molar-refractivity contribution in [1.82, 2.24) is 10.2 Å². The van der Waals surface area contributed by atoms with Crippen LogP contribution < -0.4 is 19.1 Å². The molecule has 2 amide bonds. The van der Waals surface area contributed by atoms with Crippen LogP contribution in [0.5, 0.6) is 11.5 Å². The molecule has 1 heterocycles. The fourth-order valence-electron chi connectivity index (χ4n) is 3.64. The minimum atomic E-state index is -3.87. The van der Waals surface area contributed by atoms with E-state index in [4.69, 9.17) is 32.7 Å². The van der Waals surface area contributed by atoms with Crippen LogP contribution in [0.3, 0.4) is 0 Å². The summed E-state index contributed by atoms with van der Waals surface area (Å²) in [6.45, 7) is 6.36. The number of hydrogen-bond donors (Lipinski definition) is 1. The van der Waals surface area contributed by atoms with Crippen molar-refractivity contribution in [2.24, 2.45) is 0 Å². The fraction of sp³-hybridized carbons (Fsp3) is 0.440. The predicted octanol–water partition coefficient (Wildman–Crippen LogP) is 4.21. The molecule has 0 saturated heterocycles. The Balaban J connectivity index is 1.96. The maximum Gasteiger partial charge on any atom is 0.244 e. The van der Waals surface area contributed by atoms with Crippen molar-refractivity contribution in [3.05, 3.63) is 52.0 Å². The molecule has 0 fully saturated rings. The summed E-state index contributed by atoms with van der Waals surface area (Å²) < 4.78 is 37.9. The van der Waals surface area contributed by atoms with Gasteiger partial charge in [0.15, 0.2) is 11.5 Å². The van der Waals surface area contributed by atoms with Gasteiger partial charge in [0, 0.05) is 28.7 Å². The molecule has 0 radical (unpaired) electrons. The SMILES string of the molecule is CC[C@H](C)NC(=O)[C@@H](C)N(Cc1ccc(Cl)cc1Cl)C(=O)CN(c1ccc2c(c1)OCO2)S(=O)(=O)CC. The molecule has 37 heavy (non-hydrogen) atoms. The van der Waals surface area contributed by atoms with Gasteiger partial charge in [-0.1, -0.05) is 36.2 Å². The van der Waals surface area contributed by atoms with Crippen molar-refractivity contribution in [1.29, 1.82) is 0 Å². The van der Waals surface area contributed by atoms with Crippen LogP contribution in [0.15, 0.2) is 36.4 Å². The zero-order valence-corrected chi connectivity index (χ0v) is 23.5. The third-order valence-corrected chi connectivity index (χ3v) is 8.48. The topological polar surface area (TPSA) is 105 Å². The van der Waals surface area contributed by atoms with E-state index in [1.54, 1.807) is 37.3 Å². The third-order valence-electron chi connectivity index (χ3n) is 6.15. The van der Waals surface area contributed by atoms with Gasteiger partial charge in [0.25, 0.3) is 0 Å². The van der Waals surface area contributed by atoms with Crippen LogP contribution in [0.4, 0.5) is 5.69 Å². The monoisotopic (exact) mass is 571 g/mol. The average molecular weight is 573 g/mol. The van der Waals surface area contributed by atoms with Crippen LogP contribution in [-0.2, 0) is 26.2 Å². The molecule has 1 aliphatic heterocycles. The van der Waals surface area contributed by atoms with E-state index in [9.17, 15) is 18.0 Å². The molecule has 0 bridgehead atoms. The second-order valence-corrected chi connectivity index (χ2v) is 11.7. The summed E-state index contributed by atoms with van der Waals surface area (Å²) in [5.74, 6) is -0.305. The average Bonchev–Trinajstić information content (AvgIpc) is 3.34. The first-order chi connectivity index (χ1) is 17.5. The van der Waals surface area contributed by atoms with Gasteiger partial charge in [-0.15, -0.1) is 0 Å². The zero-order chi connectivity index (χ0) is 27.3. The summed E-state index contributed by atoms with van der Waals surface area (Å²) in [5, 5.41) is 3.64. The van der Waals surface area contributed by atoms with E-state index in [1.165, 1.54) is 17.9 Å². The lowest BCUT2D eigenvalue weighted by Crippen LogP contribution is -2.52. The number of hydrogen-bond acceptors (Lipinski definition) is 6. The first-order valence-corrected chi connectivity index (χ1v) is 14.3. The van der Waals surface area contributed by atoms with Crippen molar-refractivity contribution in [3.63, 3.8) is 0 Å². The van der Waals surface area contributed by atoms with Crippen molar-refractivity contribution < 1.29 is 27.5 Å². The zero-order valence-electron chi connectivity index (χ0n) is 21.2. The number of rotatable bonds is 11. The molecule has 1 N–H and O–H groups in total. The number of carbonyl (C=O) groups is 2. The number of anilines is 1. The number of amides is 2. The minimum absolute atomic E-state index is 0.0227. The normalized spacial score (nSPS) is 14.1. The molecule has 2 aromatic carbocycles. The van der Waals surface area contributed by atoms with E-state index in [0.717, 1.165) is 4.31 Å². The molecular formula is C25H31Cl2N3O6S. The lowest BCUT2D eigenvalue weighted by atomic mass is 10.1. The van der Waals surface area contributed by atoms with Gasteiger partial charge in [-0.25, -0.2) is 8.42 Å². The van der Waals surface area contributed by atoms with E-state index < -0.39 is 28.5 Å². The molecule has 12 heteroatoms. The standard InChI is InChI=1S/C25H31Cl2N3O6S/c1-5-16(3)28-25(32)17(4)29(13-18-7-8-19(26)11-21(18)27)24(31)14-30(37(33,34)6-2)20-9-10-22-23(12-20)36-15-35-22/h7-12,16-17H,5-6,13-15H2,1-4H3,(H,28,32)/t16-,17+/m0/s1. The van der Waals surface area contributed by atoms with Gasteiger partial charge in [0.2, 0.25) is 28.6 Å². The Kier molecular flexibility index (Phi) is 9.55. The van der Waals surface area contributed by atoms with Gasteiger partial charge >= 0.3 is 0 Å². The van der Waals surface area contributed by atoms with Gasteiger partial charge in [0.1, 0.15) is 12.6 Å². The summed E-state index contributed by atoms with van der Waals surface area (Å²) in [7, 11) is -3.87. The molecular weight excluding hydrogens is 541 g/mol. The Morgan fingerprint density at radius 2 is 1.76 bits per heavy atom. The highest BCUT2D eigenvalue weighted by Gasteiger charge is 2.32. The highest BCUT2D eigenvalue weighted by Crippen LogP contribution is 2.36. The summed E-state index contributed by atoms with van der Waals surface area (Å²) in [5.41, 5.74) is 0.816. The Morgan fingerprint density at radius 3 is 2.41 bits per heavy atom. The van der Waals surface area contributed by atoms with E-state index in [0.29, 0.717) is 33.5 Å². The fourth-order valence-corrected chi connectivity index (χ4v) is 5.16. The molecule has 0 spiro atoms. The van der Waals surface area contributed by atoms with E-state index in [1.807, 2.05) is 13.8 Å². The van der Waals surface area contributed by atoms with Gasteiger partial charge in [0.05, 0.1) is 11.4 Å². The van der Waals surface area contributed by atoms with E-state index in [-0.39, 0.29) is 36.7 Å². The molecule has 1 aliphatic rings. The Hall–Kier alpha value is -2.69. The molecule has 0 saturated carbocycles. The smallest absolute Gasteiger partial charge is 0.244 e. The molecule has 202 valence electrons. The van der Waals surface area contributed by atoms with Crippen molar-refractivity contribution >= 4 is 50.7 Å². The highest BCUT2D eigenvalue weighted by atomic mass is 35.5. The largest absolute Gasteiger partial charge is 0.454 e. The molecule has 2 atom stereocenters. The summed E-state index contributed by atoms with van der Waals surface area (Å²) in [6, 6.07) is 8.50. The van der Waals surface area contributed by atoms with Crippen LogP contribution in [-0.4, -0.2) is 56.3 Å². The van der Waals surface area contributed by atoms with Gasteiger partial charge in [-0.2, -0.15) is 0 Å². The van der Waals surface area contributed by atoms with Crippen molar-refractivity contribution in [3.8, 4) is 11.5 Å². The number of nitrogens with zero attached hydrogens (tertiary/aromatic N) is 2. The number of halogens is 2. The summed E-state index contributed by atoms with van der Waals surface area (Å²) in [4.78, 5) is 28.0. The number of ether oxygens (including phenoxy) is 2. The lowest BCUT2D eigenvalue weighted by Gasteiger charge is -2.32. The lowest BCUT2D eigenvalue weighted by molar-refractivity contribution is -0.139. The molecule has 2 aromatic rings. The van der Waals surface area contributed by atoms with Crippen molar-refractivity contribution in [2.75, 3.05) is 23.4 Å². The Labute approximate surface area is 227 Å². The van der Waals surface area contributed by atoms with Gasteiger partial charge < -0.3 is 19.7 Å². The molecule has 0 aromatic heterocycles. The number of nitrogens with one attached hydrogen (secondary N) is 1. The van der Waals surface area contributed by atoms with Crippen LogP contribution in [0.2, 0.25) is 10.0 Å². The summed E-state index contributed by atoms with van der Waals surface area (Å²) in [6.07, 6.45) is 0.710. The molecule has 0 aliphatic carbocycles. The molecule has 3 rings (SSSR count). The van der Waals surface area contributed by atoms with Crippen LogP contribution >= 0.6 is 23.2 Å². The van der Waals surface area contributed by atoms with Crippen LogP contribution in [0, 0.1) is 0 Å².